The van der Waals surface area contributed by atoms with Crippen molar-refractivity contribution in [1.82, 2.24) is 19.5 Å². The van der Waals surface area contributed by atoms with Gasteiger partial charge in [-0.3, -0.25) is 0 Å². The Hall–Kier alpha value is -3.16. The lowest BCUT2D eigenvalue weighted by Gasteiger charge is -2.70. The van der Waals surface area contributed by atoms with Gasteiger partial charge in [-0.05, 0) is 44.7 Å². The van der Waals surface area contributed by atoms with E-state index < -0.39 is 0 Å². The standard InChI is InChI=1S/C22H24FN7/c1-14-9-29(13-25-14)22-10-21(11-22,12-22)28-20-26-18(24-2)15-7-8-30(19(15)27-20)17-6-4-3-5-16(17)23/h3-6,9,13H,7-8,10-12H2,1-2H3,(H2,24,26,27,28). The van der Waals surface area contributed by atoms with Crippen molar-refractivity contribution >= 4 is 23.3 Å². The van der Waals surface area contributed by atoms with E-state index in [-0.39, 0.29) is 16.9 Å². The third kappa shape index (κ3) is 2.39. The van der Waals surface area contributed by atoms with Gasteiger partial charge >= 0.3 is 0 Å². The first-order valence-electron chi connectivity index (χ1n) is 10.4. The molecule has 3 saturated carbocycles. The zero-order chi connectivity index (χ0) is 20.5. The molecule has 0 saturated heterocycles. The second kappa shape index (κ2) is 5.93. The lowest BCUT2D eigenvalue weighted by atomic mass is 9.44. The van der Waals surface area contributed by atoms with E-state index in [4.69, 9.17) is 9.97 Å². The molecule has 0 spiro atoms. The van der Waals surface area contributed by atoms with Crippen LogP contribution in [0.15, 0.2) is 36.8 Å². The van der Waals surface area contributed by atoms with Crippen LogP contribution in [-0.2, 0) is 12.0 Å². The van der Waals surface area contributed by atoms with E-state index in [0.29, 0.717) is 18.2 Å². The number of rotatable bonds is 5. The second-order valence-electron chi connectivity index (χ2n) is 8.88. The Balaban J connectivity index is 1.28. The fourth-order valence-electron chi connectivity index (χ4n) is 5.48. The van der Waals surface area contributed by atoms with Gasteiger partial charge in [0.2, 0.25) is 5.95 Å². The second-order valence-corrected chi connectivity index (χ2v) is 8.88. The molecule has 3 aliphatic carbocycles. The van der Waals surface area contributed by atoms with Crippen molar-refractivity contribution in [2.75, 3.05) is 29.1 Å². The van der Waals surface area contributed by atoms with Crippen molar-refractivity contribution in [2.24, 2.45) is 0 Å². The molecule has 0 atom stereocenters. The summed E-state index contributed by atoms with van der Waals surface area (Å²) in [6, 6.07) is 6.86. The average Bonchev–Trinajstić information content (AvgIpc) is 3.29. The molecule has 154 valence electrons. The summed E-state index contributed by atoms with van der Waals surface area (Å²) in [4.78, 5) is 15.9. The number of benzene rings is 1. The van der Waals surface area contributed by atoms with Gasteiger partial charge in [0.05, 0.1) is 23.2 Å². The van der Waals surface area contributed by atoms with Gasteiger partial charge in [0.1, 0.15) is 17.5 Å². The molecule has 3 heterocycles. The van der Waals surface area contributed by atoms with Gasteiger partial charge in [0.15, 0.2) is 0 Å². The molecule has 1 aliphatic heterocycles. The van der Waals surface area contributed by atoms with E-state index in [1.54, 1.807) is 12.1 Å². The molecule has 7 nitrogen and oxygen atoms in total. The number of hydrogen-bond acceptors (Lipinski definition) is 6. The molecular formula is C22H24FN7. The van der Waals surface area contributed by atoms with E-state index in [1.165, 1.54) is 6.07 Å². The molecule has 0 amide bonds. The van der Waals surface area contributed by atoms with Crippen LogP contribution in [0.2, 0.25) is 0 Å². The third-order valence-corrected chi connectivity index (χ3v) is 6.85. The van der Waals surface area contributed by atoms with Gasteiger partial charge in [-0.1, -0.05) is 12.1 Å². The summed E-state index contributed by atoms with van der Waals surface area (Å²) in [5.74, 6) is 1.97. The number of nitrogens with zero attached hydrogens (tertiary/aromatic N) is 5. The molecule has 2 N–H and O–H groups in total. The molecule has 0 unspecified atom stereocenters. The molecule has 30 heavy (non-hydrogen) atoms. The Bertz CT molecular complexity index is 1130. The number of aromatic nitrogens is 4. The average molecular weight is 405 g/mol. The maximum atomic E-state index is 14.4. The van der Waals surface area contributed by atoms with Gasteiger partial charge in [-0.15, -0.1) is 0 Å². The Morgan fingerprint density at radius 3 is 2.63 bits per heavy atom. The van der Waals surface area contributed by atoms with E-state index in [0.717, 1.165) is 48.6 Å². The number of aryl methyl sites for hydroxylation is 1. The van der Waals surface area contributed by atoms with Gasteiger partial charge in [-0.25, -0.2) is 9.37 Å². The first kappa shape index (κ1) is 17.7. The maximum absolute atomic E-state index is 14.4. The van der Waals surface area contributed by atoms with Crippen molar-refractivity contribution in [1.29, 1.82) is 0 Å². The summed E-state index contributed by atoms with van der Waals surface area (Å²) >= 11 is 0. The first-order chi connectivity index (χ1) is 14.5. The third-order valence-electron chi connectivity index (χ3n) is 6.85. The number of nitrogens with one attached hydrogen (secondary N) is 2. The topological polar surface area (TPSA) is 70.9 Å². The molecule has 4 aliphatic rings. The largest absolute Gasteiger partial charge is 0.373 e. The van der Waals surface area contributed by atoms with Crippen LogP contribution in [0.3, 0.4) is 0 Å². The van der Waals surface area contributed by atoms with E-state index in [2.05, 4.69) is 26.4 Å². The Morgan fingerprint density at radius 1 is 1.13 bits per heavy atom. The Morgan fingerprint density at radius 2 is 1.93 bits per heavy atom. The molecule has 3 aromatic rings. The van der Waals surface area contributed by atoms with Crippen molar-refractivity contribution in [3.63, 3.8) is 0 Å². The normalized spacial score (nSPS) is 26.0. The summed E-state index contributed by atoms with van der Waals surface area (Å²) in [7, 11) is 1.87. The number of para-hydroxylation sites is 1. The molecule has 7 rings (SSSR count). The van der Waals surface area contributed by atoms with E-state index >= 15 is 0 Å². The van der Waals surface area contributed by atoms with Gasteiger partial charge in [-0.2, -0.15) is 9.97 Å². The molecule has 8 heteroatoms. The molecule has 3 fully saturated rings. The minimum atomic E-state index is -0.235. The summed E-state index contributed by atoms with van der Waals surface area (Å²) in [6.07, 6.45) is 7.98. The minimum absolute atomic E-state index is 0.0405. The number of halogens is 1. The fourth-order valence-corrected chi connectivity index (χ4v) is 5.48. The summed E-state index contributed by atoms with van der Waals surface area (Å²) in [6.45, 7) is 2.71. The zero-order valence-corrected chi connectivity index (χ0v) is 17.1. The summed E-state index contributed by atoms with van der Waals surface area (Å²) in [5, 5.41) is 6.80. The predicted molar refractivity (Wildman–Crippen MR) is 114 cm³/mol. The molecular weight excluding hydrogens is 381 g/mol. The lowest BCUT2D eigenvalue weighted by molar-refractivity contribution is -0.100. The van der Waals surface area contributed by atoms with Gasteiger partial charge in [0, 0.05) is 30.9 Å². The number of anilines is 4. The smallest absolute Gasteiger partial charge is 0.227 e. The quantitative estimate of drug-likeness (QED) is 0.676. The highest BCUT2D eigenvalue weighted by molar-refractivity contribution is 5.73. The number of imidazole rings is 1. The van der Waals surface area contributed by atoms with Crippen molar-refractivity contribution in [3.05, 3.63) is 53.9 Å². The highest BCUT2D eigenvalue weighted by Gasteiger charge is 2.69. The first-order valence-corrected chi connectivity index (χ1v) is 10.4. The SMILES string of the molecule is CNc1nc(NC23CC(n4cnc(C)c4)(C2)C3)nc2c1CCN2c1ccccc1F. The lowest BCUT2D eigenvalue weighted by Crippen LogP contribution is -2.75. The molecule has 1 aromatic carbocycles. The fraction of sp³-hybridized carbons (Fsp3) is 0.409. The minimum Gasteiger partial charge on any atom is -0.373 e. The van der Waals surface area contributed by atoms with Crippen LogP contribution in [0.1, 0.15) is 30.5 Å². The van der Waals surface area contributed by atoms with Crippen LogP contribution in [0.5, 0.6) is 0 Å². The van der Waals surface area contributed by atoms with Crippen molar-refractivity contribution < 1.29 is 4.39 Å². The number of hydrogen-bond donors (Lipinski definition) is 2. The highest BCUT2D eigenvalue weighted by Crippen LogP contribution is 2.66. The highest BCUT2D eigenvalue weighted by atomic mass is 19.1. The van der Waals surface area contributed by atoms with Crippen molar-refractivity contribution in [2.45, 2.75) is 43.7 Å². The van der Waals surface area contributed by atoms with Crippen LogP contribution < -0.4 is 15.5 Å². The van der Waals surface area contributed by atoms with E-state index in [1.807, 2.05) is 31.3 Å². The van der Waals surface area contributed by atoms with Crippen LogP contribution in [0.4, 0.5) is 27.7 Å². The number of fused-ring (bicyclic) bond motifs is 1. The van der Waals surface area contributed by atoms with Crippen LogP contribution in [0, 0.1) is 12.7 Å². The summed E-state index contributed by atoms with van der Waals surface area (Å²) < 4.78 is 16.7. The van der Waals surface area contributed by atoms with Crippen LogP contribution >= 0.6 is 0 Å². The Labute approximate surface area is 174 Å². The zero-order valence-electron chi connectivity index (χ0n) is 17.1. The van der Waals surface area contributed by atoms with E-state index in [9.17, 15) is 4.39 Å². The van der Waals surface area contributed by atoms with Gasteiger partial charge < -0.3 is 20.1 Å². The Kier molecular flexibility index (Phi) is 3.50. The maximum Gasteiger partial charge on any atom is 0.227 e. The molecule has 2 aromatic heterocycles. The molecule has 2 bridgehead atoms. The molecule has 0 radical (unpaired) electrons. The van der Waals surface area contributed by atoms with Crippen LogP contribution in [-0.4, -0.2) is 38.7 Å². The van der Waals surface area contributed by atoms with Gasteiger partial charge in [0.25, 0.3) is 0 Å². The monoisotopic (exact) mass is 405 g/mol. The summed E-state index contributed by atoms with van der Waals surface area (Å²) in [5.41, 5.74) is 2.88. The van der Waals surface area contributed by atoms with Crippen molar-refractivity contribution in [3.8, 4) is 0 Å². The predicted octanol–water partition coefficient (Wildman–Crippen LogP) is 3.60. The van der Waals surface area contributed by atoms with Crippen LogP contribution in [0.25, 0.3) is 0 Å².